The Balaban J connectivity index is 1.29. The number of anilines is 1. The molecule has 224 valence electrons. The van der Waals surface area contributed by atoms with Gasteiger partial charge in [0.2, 0.25) is 5.95 Å². The summed E-state index contributed by atoms with van der Waals surface area (Å²) in [7, 11) is 0. The largest absolute Gasteiger partial charge is 0.392 e. The van der Waals surface area contributed by atoms with E-state index < -0.39 is 16.0 Å². The third kappa shape index (κ3) is 7.71. The van der Waals surface area contributed by atoms with Gasteiger partial charge in [0.1, 0.15) is 0 Å². The van der Waals surface area contributed by atoms with Gasteiger partial charge in [0.25, 0.3) is 9.70 Å². The number of nitrogens with one attached hydrogen (secondary N) is 1. The molecule has 0 radical (unpaired) electrons. The Morgan fingerprint density at radius 3 is 2.19 bits per heavy atom. The third-order valence-corrected chi connectivity index (χ3v) is 8.25. The molecule has 2 N–H and O–H groups in total. The van der Waals surface area contributed by atoms with E-state index in [9.17, 15) is 9.90 Å². The van der Waals surface area contributed by atoms with Crippen LogP contribution in [0.25, 0.3) is 0 Å². The van der Waals surface area contributed by atoms with E-state index in [1.807, 2.05) is 54.6 Å². The van der Waals surface area contributed by atoms with Gasteiger partial charge in [-0.1, -0.05) is 90.3 Å². The molecule has 2 aliphatic rings. The summed E-state index contributed by atoms with van der Waals surface area (Å²) in [6.07, 6.45) is 2.66. The molecule has 42 heavy (non-hydrogen) atoms. The first-order valence-electron chi connectivity index (χ1n) is 13.9. The Kier molecular flexibility index (Phi) is 10.2. The zero-order chi connectivity index (χ0) is 29.7. The smallest absolute Gasteiger partial charge is 0.272 e. The van der Waals surface area contributed by atoms with Crippen LogP contribution in [0.3, 0.4) is 0 Å². The molecule has 0 aliphatic carbocycles. The number of nitrogens with zero attached hydrogens (tertiary/aromatic N) is 4. The second-order valence-corrected chi connectivity index (χ2v) is 12.9. The van der Waals surface area contributed by atoms with Crippen LogP contribution in [-0.4, -0.2) is 68.5 Å². The van der Waals surface area contributed by atoms with Crippen molar-refractivity contribution in [3.8, 4) is 0 Å². The Morgan fingerprint density at radius 1 is 0.952 bits per heavy atom. The summed E-state index contributed by atoms with van der Waals surface area (Å²) in [6.45, 7) is 6.57. The van der Waals surface area contributed by atoms with E-state index in [4.69, 9.17) is 44.3 Å². The Hall–Kier alpha value is -2.50. The van der Waals surface area contributed by atoms with Crippen molar-refractivity contribution in [3.05, 3.63) is 89.2 Å². The number of carbonyl (C=O) groups excluding carboxylic acids is 1. The number of rotatable bonds is 8. The van der Waals surface area contributed by atoms with Crippen molar-refractivity contribution in [2.24, 2.45) is 5.92 Å². The average molecular weight is 635 g/mol. The van der Waals surface area contributed by atoms with Crippen LogP contribution in [0.4, 0.5) is 5.95 Å². The molecule has 1 aromatic heterocycles. The summed E-state index contributed by atoms with van der Waals surface area (Å²) in [6, 6.07) is 17.4. The number of aromatic nitrogens is 2. The number of aliphatic hydroxyl groups is 1. The van der Waals surface area contributed by atoms with Crippen LogP contribution in [0.1, 0.15) is 41.6 Å². The van der Waals surface area contributed by atoms with Gasteiger partial charge in [-0.15, -0.1) is 0 Å². The normalized spacial score (nSPS) is 23.5. The lowest BCUT2D eigenvalue weighted by molar-refractivity contribution is -0.276. The number of piperazine rings is 1. The molecule has 4 unspecified atom stereocenters. The van der Waals surface area contributed by atoms with Crippen LogP contribution >= 0.6 is 34.8 Å². The number of amides is 1. The fraction of sp³-hybridized carbons (Fsp3) is 0.433. The van der Waals surface area contributed by atoms with Crippen molar-refractivity contribution < 1.29 is 19.4 Å². The van der Waals surface area contributed by atoms with Crippen LogP contribution in [0.2, 0.25) is 0 Å². The van der Waals surface area contributed by atoms with Crippen molar-refractivity contribution in [2.75, 3.05) is 37.6 Å². The van der Waals surface area contributed by atoms with Crippen molar-refractivity contribution in [2.45, 2.75) is 42.4 Å². The zero-order valence-corrected chi connectivity index (χ0v) is 25.5. The summed E-state index contributed by atoms with van der Waals surface area (Å²) in [5.41, 5.74) is 3.60. The van der Waals surface area contributed by atoms with E-state index in [1.54, 1.807) is 12.4 Å². The molecule has 9 nitrogen and oxygen atoms in total. The fourth-order valence-corrected chi connectivity index (χ4v) is 5.44. The van der Waals surface area contributed by atoms with Gasteiger partial charge in [0.15, 0.2) is 6.29 Å². The van der Waals surface area contributed by atoms with Gasteiger partial charge in [-0.2, -0.15) is 0 Å². The number of hydrogen-bond donors (Lipinski definition) is 2. The van der Waals surface area contributed by atoms with Crippen LogP contribution in [0.5, 0.6) is 0 Å². The number of aliphatic hydroxyl groups excluding tert-OH is 1. The number of hydrogen-bond acceptors (Lipinski definition) is 8. The second-order valence-electron chi connectivity index (χ2n) is 10.6. The maximum Gasteiger partial charge on any atom is 0.272 e. The second kappa shape index (κ2) is 13.9. The number of benzene rings is 2. The molecule has 2 saturated heterocycles. The molecule has 0 spiro atoms. The van der Waals surface area contributed by atoms with E-state index in [0.29, 0.717) is 0 Å². The fourth-order valence-electron chi connectivity index (χ4n) is 5.24. The quantitative estimate of drug-likeness (QED) is 0.348. The number of halogens is 3. The molecule has 2 fully saturated rings. The molecule has 1 amide bonds. The lowest BCUT2D eigenvalue weighted by Gasteiger charge is -2.44. The van der Waals surface area contributed by atoms with Crippen LogP contribution < -0.4 is 10.2 Å². The van der Waals surface area contributed by atoms with Gasteiger partial charge in [-0.25, -0.2) is 9.97 Å². The summed E-state index contributed by atoms with van der Waals surface area (Å²) < 4.78 is 11.2. The van der Waals surface area contributed by atoms with E-state index in [0.717, 1.165) is 60.9 Å². The van der Waals surface area contributed by atoms with Gasteiger partial charge in [-0.05, 0) is 22.8 Å². The molecule has 2 aromatic carbocycles. The molecule has 0 saturated carbocycles. The lowest BCUT2D eigenvalue weighted by Crippen LogP contribution is -2.51. The molecular weight excluding hydrogens is 601 g/mol. The third-order valence-electron chi connectivity index (χ3n) is 7.73. The van der Waals surface area contributed by atoms with Gasteiger partial charge in [0, 0.05) is 63.1 Å². The van der Waals surface area contributed by atoms with Crippen molar-refractivity contribution in [1.82, 2.24) is 20.2 Å². The molecular formula is C30H34Cl3N5O4. The number of alkyl halides is 3. The zero-order valence-electron chi connectivity index (χ0n) is 23.2. The van der Waals surface area contributed by atoms with E-state index in [-0.39, 0.29) is 31.3 Å². The van der Waals surface area contributed by atoms with E-state index >= 15 is 0 Å². The molecule has 12 heteroatoms. The maximum absolute atomic E-state index is 11.9. The van der Waals surface area contributed by atoms with Gasteiger partial charge in [0.05, 0.1) is 18.8 Å². The van der Waals surface area contributed by atoms with Crippen molar-refractivity contribution >= 4 is 46.7 Å². The number of ether oxygens (including phenoxy) is 2. The molecule has 3 aromatic rings. The topological polar surface area (TPSA) is 100 Å². The molecule has 0 bridgehead atoms. The summed E-state index contributed by atoms with van der Waals surface area (Å²) in [4.78, 5) is 25.3. The van der Waals surface area contributed by atoms with E-state index in [1.165, 1.54) is 0 Å². The van der Waals surface area contributed by atoms with Gasteiger partial charge >= 0.3 is 0 Å². The SMILES string of the molecule is CC1C(CN2CCN(c3ncccn3)CC2)OC(c2ccc(CNC(=O)C(Cl)(Cl)Cl)cc2)OC1c1ccc(CO)cc1. The van der Waals surface area contributed by atoms with Crippen molar-refractivity contribution in [3.63, 3.8) is 0 Å². The minimum atomic E-state index is -2.01. The van der Waals surface area contributed by atoms with Gasteiger partial charge < -0.3 is 24.8 Å². The molecule has 2 aliphatic heterocycles. The van der Waals surface area contributed by atoms with Crippen LogP contribution in [-0.2, 0) is 27.4 Å². The standard InChI is InChI=1S/C30H34Cl3N5O4/c1-20-25(18-37-13-15-38(16-14-37)29-34-11-2-12-35-29)41-27(42-26(20)23-7-5-22(19-39)6-8-23)24-9-3-21(4-10-24)17-36-28(40)30(31,32)33/h2-12,20,25-27,39H,13-19H2,1H3,(H,36,40). The highest BCUT2D eigenvalue weighted by molar-refractivity contribution is 6.76. The predicted octanol–water partition coefficient (Wildman–Crippen LogP) is 4.57. The summed E-state index contributed by atoms with van der Waals surface area (Å²) in [5, 5.41) is 12.1. The minimum absolute atomic E-state index is 0.00974. The Morgan fingerprint density at radius 2 is 1.57 bits per heavy atom. The first-order chi connectivity index (χ1) is 20.2. The highest BCUT2D eigenvalue weighted by Crippen LogP contribution is 2.42. The minimum Gasteiger partial charge on any atom is -0.392 e. The highest BCUT2D eigenvalue weighted by Gasteiger charge is 2.39. The Labute approximate surface area is 260 Å². The number of carbonyl (C=O) groups is 1. The van der Waals surface area contributed by atoms with Crippen molar-refractivity contribution in [1.29, 1.82) is 0 Å². The lowest BCUT2D eigenvalue weighted by atomic mass is 9.90. The monoisotopic (exact) mass is 633 g/mol. The predicted molar refractivity (Wildman–Crippen MR) is 162 cm³/mol. The maximum atomic E-state index is 11.9. The summed E-state index contributed by atoms with van der Waals surface area (Å²) in [5.74, 6) is 0.155. The van der Waals surface area contributed by atoms with Crippen LogP contribution in [0.15, 0.2) is 67.0 Å². The first kappa shape index (κ1) is 30.9. The van der Waals surface area contributed by atoms with Gasteiger partial charge in [-0.3, -0.25) is 9.69 Å². The highest BCUT2D eigenvalue weighted by atomic mass is 35.6. The molecule has 3 heterocycles. The molecule has 4 atom stereocenters. The summed E-state index contributed by atoms with van der Waals surface area (Å²) >= 11 is 17.0. The van der Waals surface area contributed by atoms with E-state index in [2.05, 4.69) is 32.0 Å². The first-order valence-corrected chi connectivity index (χ1v) is 15.0. The van der Waals surface area contributed by atoms with Crippen LogP contribution in [0, 0.1) is 5.92 Å². The molecule has 5 rings (SSSR count). The average Bonchev–Trinajstić information content (AvgIpc) is 3.01. The Bertz CT molecular complexity index is 1300.